The summed E-state index contributed by atoms with van der Waals surface area (Å²) in [6.45, 7) is 21.6. The van der Waals surface area contributed by atoms with Gasteiger partial charge in [-0.25, -0.2) is 4.57 Å². The number of rotatable bonds is 12. The molecule has 1 amide bonds. The van der Waals surface area contributed by atoms with Gasteiger partial charge in [-0.05, 0) is 64.6 Å². The number of ether oxygens (including phenoxy) is 1. The van der Waals surface area contributed by atoms with Gasteiger partial charge in [0.15, 0.2) is 0 Å². The molecule has 1 saturated heterocycles. The van der Waals surface area contributed by atoms with Gasteiger partial charge in [-0.2, -0.15) is 0 Å². The van der Waals surface area contributed by atoms with Gasteiger partial charge in [0.2, 0.25) is 0 Å². The van der Waals surface area contributed by atoms with Gasteiger partial charge in [-0.3, -0.25) is 9.32 Å². The van der Waals surface area contributed by atoms with Gasteiger partial charge in [0.1, 0.15) is 23.7 Å². The molecule has 5 N–H and O–H groups in total. The van der Waals surface area contributed by atoms with E-state index in [4.69, 9.17) is 9.26 Å². The molecule has 0 spiro atoms. The predicted octanol–water partition coefficient (Wildman–Crippen LogP) is 2.71. The molecule has 1 fully saturated rings. The first-order valence-corrected chi connectivity index (χ1v) is 16.7. The molecule has 13 heteroatoms. The number of amides is 1. The second-order valence-corrected chi connectivity index (χ2v) is 11.2. The van der Waals surface area contributed by atoms with Gasteiger partial charge in [-0.1, -0.05) is 59.2 Å². The minimum Gasteiger partial charge on any atom is -0.394 e. The van der Waals surface area contributed by atoms with Crippen molar-refractivity contribution in [3.8, 4) is 0 Å². The maximum absolute atomic E-state index is 12.5. The number of nitrogens with zero attached hydrogens (tertiary/aromatic N) is 2. The molecule has 2 rings (SSSR count). The normalized spacial score (nSPS) is 22.7. The zero-order chi connectivity index (χ0) is 30.9. The third-order valence-corrected chi connectivity index (χ3v) is 8.01. The lowest BCUT2D eigenvalue weighted by Crippen LogP contribution is -2.64. The van der Waals surface area contributed by atoms with Gasteiger partial charge >= 0.3 is 7.82 Å². The number of aliphatic hydroxyl groups is 2. The highest BCUT2D eigenvalue weighted by Gasteiger charge is 2.48. The summed E-state index contributed by atoms with van der Waals surface area (Å²) in [6, 6.07) is 5.45. The summed E-state index contributed by atoms with van der Waals surface area (Å²) in [7, 11) is -4.92. The Labute approximate surface area is 244 Å². The van der Waals surface area contributed by atoms with Crippen molar-refractivity contribution in [2.24, 2.45) is 0 Å². The minimum absolute atomic E-state index is 0.311. The molecule has 1 aliphatic rings. The summed E-state index contributed by atoms with van der Waals surface area (Å²) < 4.78 is 21.5. The van der Waals surface area contributed by atoms with E-state index in [-0.39, 0.29) is 0 Å². The van der Waals surface area contributed by atoms with Crippen molar-refractivity contribution in [3.05, 3.63) is 35.4 Å². The van der Waals surface area contributed by atoms with Crippen molar-refractivity contribution in [2.75, 3.05) is 52.1 Å². The van der Waals surface area contributed by atoms with E-state index in [1.165, 1.54) is 39.3 Å². The van der Waals surface area contributed by atoms with Gasteiger partial charge in [0.25, 0.3) is 5.91 Å². The van der Waals surface area contributed by atoms with Crippen LogP contribution in [0, 0.1) is 6.92 Å². The zero-order valence-electron chi connectivity index (χ0n) is 25.3. The second kappa shape index (κ2) is 20.8. The number of carbonyl (C=O) groups excluding carboxylic acids is 1. The van der Waals surface area contributed by atoms with Crippen LogP contribution in [0.5, 0.6) is 0 Å². The maximum Gasteiger partial charge on any atom is 0.470 e. The number of aliphatic hydroxyl groups excluding tert-OH is 2. The second-order valence-electron chi connectivity index (χ2n) is 9.12. The molecule has 0 bridgehead atoms. The minimum atomic E-state index is -4.92. The molecule has 0 unspecified atom stereocenters. The van der Waals surface area contributed by atoms with E-state index in [1.807, 2.05) is 6.92 Å². The standard InChI is InChI=1S/C15H22NO8PS.2C6H15N/c1-8-3-5-9(6-4-8)14(19)16-11-12(18)10(7-17)23-15(26-2)13(11)24-25(20,21)22;2*1-4-7(5-2)6-3/h3-6,10-13,15,17-18H,7H2,1-2H3,(H,16,19)(H2,20,21,22);2*4-6H2,1-3H3/t10-,11+,12+,13-,15+;;/m1../s1. The maximum atomic E-state index is 12.5. The predicted molar refractivity (Wildman–Crippen MR) is 162 cm³/mol. The first-order chi connectivity index (χ1) is 18.8. The molecule has 11 nitrogen and oxygen atoms in total. The van der Waals surface area contributed by atoms with E-state index in [0.29, 0.717) is 5.56 Å². The lowest BCUT2D eigenvalue weighted by atomic mass is 9.96. The van der Waals surface area contributed by atoms with Crippen LogP contribution in [-0.4, -0.2) is 118 Å². The van der Waals surface area contributed by atoms with Crippen molar-refractivity contribution in [2.45, 2.75) is 78.3 Å². The van der Waals surface area contributed by atoms with Crippen LogP contribution >= 0.6 is 19.6 Å². The van der Waals surface area contributed by atoms with E-state index < -0.39 is 50.1 Å². The summed E-state index contributed by atoms with van der Waals surface area (Å²) in [5.74, 6) is -0.549. The topological polar surface area (TPSA) is 152 Å². The smallest absolute Gasteiger partial charge is 0.394 e. The molecule has 5 atom stereocenters. The number of phosphoric ester groups is 1. The number of benzene rings is 1. The van der Waals surface area contributed by atoms with Gasteiger partial charge in [-0.15, -0.1) is 11.8 Å². The summed E-state index contributed by atoms with van der Waals surface area (Å²) in [4.78, 5) is 35.6. The molecular weight excluding hydrogens is 557 g/mol. The Bertz CT molecular complexity index is 830. The fourth-order valence-electron chi connectivity index (χ4n) is 3.99. The van der Waals surface area contributed by atoms with Crippen LogP contribution in [0.25, 0.3) is 0 Å². The lowest BCUT2D eigenvalue weighted by Gasteiger charge is -2.43. The Morgan fingerprint density at radius 1 is 0.975 bits per heavy atom. The van der Waals surface area contributed by atoms with Crippen LogP contribution in [0.4, 0.5) is 0 Å². The molecular formula is C27H52N3O8PS. The third-order valence-electron chi connectivity index (χ3n) is 6.65. The van der Waals surface area contributed by atoms with Gasteiger partial charge in [0.05, 0.1) is 12.6 Å². The van der Waals surface area contributed by atoms with E-state index in [2.05, 4.69) is 56.7 Å². The van der Waals surface area contributed by atoms with Crippen LogP contribution in [-0.2, 0) is 13.8 Å². The number of aryl methyl sites for hydroxylation is 1. The Hall–Kier alpha value is -1.05. The van der Waals surface area contributed by atoms with Crippen LogP contribution in [0.15, 0.2) is 24.3 Å². The molecule has 234 valence electrons. The van der Waals surface area contributed by atoms with Crippen molar-refractivity contribution in [1.82, 2.24) is 15.1 Å². The van der Waals surface area contributed by atoms with Crippen LogP contribution < -0.4 is 5.32 Å². The third kappa shape index (κ3) is 14.2. The fourth-order valence-corrected chi connectivity index (χ4v) is 5.38. The largest absolute Gasteiger partial charge is 0.470 e. The van der Waals surface area contributed by atoms with E-state index >= 15 is 0 Å². The molecule has 40 heavy (non-hydrogen) atoms. The molecule has 0 aliphatic carbocycles. The summed E-state index contributed by atoms with van der Waals surface area (Å²) >= 11 is 1.08. The Kier molecular flexibility index (Phi) is 20.2. The first kappa shape index (κ1) is 39.0. The van der Waals surface area contributed by atoms with E-state index in [1.54, 1.807) is 30.5 Å². The summed E-state index contributed by atoms with van der Waals surface area (Å²) in [5.41, 5.74) is 0.357. The van der Waals surface area contributed by atoms with Gasteiger partial charge < -0.3 is 39.9 Å². The average molecular weight is 610 g/mol. The molecule has 0 radical (unpaired) electrons. The van der Waals surface area contributed by atoms with Crippen LogP contribution in [0.2, 0.25) is 0 Å². The van der Waals surface area contributed by atoms with Crippen molar-refractivity contribution in [1.29, 1.82) is 0 Å². The first-order valence-electron chi connectivity index (χ1n) is 13.9. The van der Waals surface area contributed by atoms with E-state index in [9.17, 15) is 29.4 Å². The number of carbonyl (C=O) groups is 1. The fraction of sp³-hybridized carbons (Fsp3) is 0.741. The number of hydrogen-bond acceptors (Lipinski definition) is 9. The highest BCUT2D eigenvalue weighted by Crippen LogP contribution is 2.43. The van der Waals surface area contributed by atoms with E-state index in [0.717, 1.165) is 17.3 Å². The lowest BCUT2D eigenvalue weighted by molar-refractivity contribution is -0.161. The van der Waals surface area contributed by atoms with Crippen molar-refractivity contribution < 1.29 is 38.6 Å². The number of hydrogen-bond donors (Lipinski definition) is 5. The molecule has 0 saturated carbocycles. The highest BCUT2D eigenvalue weighted by molar-refractivity contribution is 7.99. The zero-order valence-corrected chi connectivity index (χ0v) is 27.0. The van der Waals surface area contributed by atoms with Crippen molar-refractivity contribution >= 4 is 25.5 Å². The monoisotopic (exact) mass is 609 g/mol. The Morgan fingerprint density at radius 2 is 1.43 bits per heavy atom. The molecule has 1 aromatic carbocycles. The van der Waals surface area contributed by atoms with Crippen LogP contribution in [0.3, 0.4) is 0 Å². The number of thioether (sulfide) groups is 1. The highest BCUT2D eigenvalue weighted by atomic mass is 32.2. The van der Waals surface area contributed by atoms with Gasteiger partial charge in [0, 0.05) is 5.56 Å². The SMILES string of the molecule is CCN(CC)CC.CCN(CC)CC.CS[C@@H]1O[C@H](CO)[C@H](O)[C@H](NC(=O)c2ccc(C)cc2)[C@H]1OP(=O)(O)O. The molecule has 1 heterocycles. The molecule has 1 aliphatic heterocycles. The van der Waals surface area contributed by atoms with Crippen LogP contribution in [0.1, 0.15) is 57.5 Å². The summed E-state index contributed by atoms with van der Waals surface area (Å²) in [6.07, 6.45) is -2.16. The Morgan fingerprint density at radius 3 is 1.75 bits per heavy atom. The number of phosphoric acid groups is 1. The summed E-state index contributed by atoms with van der Waals surface area (Å²) in [5, 5.41) is 22.3. The molecule has 1 aromatic rings. The van der Waals surface area contributed by atoms with Crippen molar-refractivity contribution in [3.63, 3.8) is 0 Å². The average Bonchev–Trinajstić information content (AvgIpc) is 2.93. The quantitative estimate of drug-likeness (QED) is 0.223. The molecule has 0 aromatic heterocycles. The Balaban J connectivity index is 0.000000894. The number of nitrogens with one attached hydrogen (secondary N) is 1.